The third kappa shape index (κ3) is 6.85. The zero-order chi connectivity index (χ0) is 8.53. The number of nitrogens with zero attached hydrogens (tertiary/aromatic N) is 1. The molecule has 0 bridgehead atoms. The van der Waals surface area contributed by atoms with Crippen LogP contribution in [-0.2, 0) is 4.79 Å². The largest absolute Gasteiger partial charge is 0.359 e. The normalized spacial score (nSPS) is 8.73. The Morgan fingerprint density at radius 2 is 2.18 bits per heavy atom. The van der Waals surface area contributed by atoms with Gasteiger partial charge in [-0.1, -0.05) is 0 Å². The monoisotopic (exact) mass is 154 g/mol. The molecule has 0 saturated carbocycles. The predicted octanol–water partition coefficient (Wildman–Crippen LogP) is 1.21. The first-order valence-corrected chi connectivity index (χ1v) is 3.85. The summed E-state index contributed by atoms with van der Waals surface area (Å²) < 4.78 is 0. The maximum Gasteiger partial charge on any atom is 0.219 e. The Balaban J connectivity index is 3.03. The van der Waals surface area contributed by atoms with Crippen LogP contribution >= 0.6 is 0 Å². The van der Waals surface area contributed by atoms with Gasteiger partial charge in [-0.2, -0.15) is 0 Å². The Bertz CT molecular complexity index is 149. The van der Waals surface area contributed by atoms with Crippen LogP contribution in [0.25, 0.3) is 4.85 Å². The number of carbonyl (C=O) groups excluding carboxylic acids is 1. The lowest BCUT2D eigenvalue weighted by Crippen LogP contribution is -2.16. The van der Waals surface area contributed by atoms with Crippen LogP contribution < -0.4 is 5.32 Å². The molecule has 3 nitrogen and oxygen atoms in total. The fraction of sp³-hybridized carbons (Fsp3) is 0.750. The van der Waals surface area contributed by atoms with Gasteiger partial charge in [0.2, 0.25) is 12.5 Å². The van der Waals surface area contributed by atoms with Gasteiger partial charge < -0.3 is 10.2 Å². The molecule has 0 radical (unpaired) electrons. The van der Waals surface area contributed by atoms with Gasteiger partial charge in [0, 0.05) is 19.9 Å². The molecular weight excluding hydrogens is 140 g/mol. The highest BCUT2D eigenvalue weighted by molar-refractivity contribution is 5.75. The van der Waals surface area contributed by atoms with Gasteiger partial charge in [0.1, 0.15) is 0 Å². The Morgan fingerprint density at radius 3 is 2.73 bits per heavy atom. The average Bonchev–Trinajstić information content (AvgIpc) is 2.04. The molecule has 1 amide bonds. The van der Waals surface area contributed by atoms with Gasteiger partial charge in [0.15, 0.2) is 0 Å². The number of amides is 1. The van der Waals surface area contributed by atoms with Crippen molar-refractivity contribution in [1.82, 2.24) is 5.32 Å². The molecule has 0 atom stereocenters. The van der Waals surface area contributed by atoms with Crippen molar-refractivity contribution >= 4 is 5.91 Å². The van der Waals surface area contributed by atoms with Gasteiger partial charge in [-0.25, -0.2) is 6.57 Å². The minimum absolute atomic E-state index is 0.0906. The van der Waals surface area contributed by atoms with Crippen molar-refractivity contribution in [2.45, 2.75) is 25.7 Å². The quantitative estimate of drug-likeness (QED) is 0.468. The van der Waals surface area contributed by atoms with Crippen LogP contribution in [0.3, 0.4) is 0 Å². The van der Waals surface area contributed by atoms with E-state index in [1.54, 1.807) is 7.05 Å². The van der Waals surface area contributed by atoms with E-state index in [2.05, 4.69) is 10.2 Å². The summed E-state index contributed by atoms with van der Waals surface area (Å²) in [6.45, 7) is 7.10. The summed E-state index contributed by atoms with van der Waals surface area (Å²) in [6, 6.07) is 0. The number of hydrogen-bond donors (Lipinski definition) is 1. The maximum absolute atomic E-state index is 10.7. The van der Waals surface area contributed by atoms with Crippen molar-refractivity contribution in [2.75, 3.05) is 13.6 Å². The number of unbranched alkanes of at least 4 members (excludes halogenated alkanes) is 2. The molecule has 0 aliphatic rings. The predicted molar refractivity (Wildman–Crippen MR) is 44.0 cm³/mol. The molecule has 0 unspecified atom stereocenters. The van der Waals surface area contributed by atoms with Crippen LogP contribution in [0.1, 0.15) is 25.7 Å². The van der Waals surface area contributed by atoms with Gasteiger partial charge in [0.25, 0.3) is 0 Å². The second kappa shape index (κ2) is 7.07. The van der Waals surface area contributed by atoms with Crippen LogP contribution in [0.4, 0.5) is 0 Å². The summed E-state index contributed by atoms with van der Waals surface area (Å²) in [7, 11) is 1.64. The Kier molecular flexibility index (Phi) is 6.40. The highest BCUT2D eigenvalue weighted by atomic mass is 16.1. The molecular formula is C8H14N2O. The maximum atomic E-state index is 10.7. The molecule has 0 aromatic rings. The van der Waals surface area contributed by atoms with Gasteiger partial charge >= 0.3 is 0 Å². The molecule has 0 aromatic heterocycles. The van der Waals surface area contributed by atoms with E-state index in [0.29, 0.717) is 13.0 Å². The lowest BCUT2D eigenvalue weighted by Gasteiger charge is -1.96. The molecule has 0 aromatic carbocycles. The zero-order valence-electron chi connectivity index (χ0n) is 6.89. The zero-order valence-corrected chi connectivity index (χ0v) is 6.89. The van der Waals surface area contributed by atoms with Crippen molar-refractivity contribution in [3.8, 4) is 0 Å². The van der Waals surface area contributed by atoms with Crippen molar-refractivity contribution in [1.29, 1.82) is 0 Å². The van der Waals surface area contributed by atoms with Gasteiger partial charge in [0.05, 0.1) is 0 Å². The Morgan fingerprint density at radius 1 is 1.45 bits per heavy atom. The number of carbonyl (C=O) groups is 1. The first kappa shape index (κ1) is 9.96. The van der Waals surface area contributed by atoms with Crippen molar-refractivity contribution < 1.29 is 4.79 Å². The van der Waals surface area contributed by atoms with Crippen LogP contribution in [-0.4, -0.2) is 19.5 Å². The molecule has 62 valence electrons. The fourth-order valence-corrected chi connectivity index (χ4v) is 0.778. The summed E-state index contributed by atoms with van der Waals surface area (Å²) in [5.74, 6) is 0.0906. The molecule has 1 N–H and O–H groups in total. The van der Waals surface area contributed by atoms with Crippen LogP contribution in [0.2, 0.25) is 0 Å². The van der Waals surface area contributed by atoms with Gasteiger partial charge in [-0.3, -0.25) is 4.79 Å². The van der Waals surface area contributed by atoms with E-state index in [1.807, 2.05) is 0 Å². The molecule has 0 fully saturated rings. The Hall–Kier alpha value is -1.04. The van der Waals surface area contributed by atoms with Crippen molar-refractivity contribution in [2.24, 2.45) is 0 Å². The number of nitrogens with one attached hydrogen (secondary N) is 1. The van der Waals surface area contributed by atoms with E-state index < -0.39 is 0 Å². The van der Waals surface area contributed by atoms with E-state index in [-0.39, 0.29) is 5.91 Å². The molecule has 0 rings (SSSR count). The summed E-state index contributed by atoms with van der Waals surface area (Å²) in [5.41, 5.74) is 0. The first-order chi connectivity index (χ1) is 5.31. The van der Waals surface area contributed by atoms with E-state index in [9.17, 15) is 4.79 Å². The number of hydrogen-bond acceptors (Lipinski definition) is 1. The van der Waals surface area contributed by atoms with Crippen molar-refractivity contribution in [3.05, 3.63) is 11.4 Å². The summed E-state index contributed by atoms with van der Waals surface area (Å²) in [5, 5.41) is 2.56. The topological polar surface area (TPSA) is 33.5 Å². The minimum Gasteiger partial charge on any atom is -0.359 e. The summed E-state index contributed by atoms with van der Waals surface area (Å²) in [4.78, 5) is 13.9. The Labute approximate surface area is 67.6 Å². The molecule has 0 heterocycles. The van der Waals surface area contributed by atoms with Crippen LogP contribution in [0, 0.1) is 6.57 Å². The van der Waals surface area contributed by atoms with E-state index >= 15 is 0 Å². The smallest absolute Gasteiger partial charge is 0.219 e. The van der Waals surface area contributed by atoms with Crippen LogP contribution in [0.15, 0.2) is 0 Å². The third-order valence-corrected chi connectivity index (χ3v) is 1.45. The molecule has 0 saturated heterocycles. The minimum atomic E-state index is 0.0906. The third-order valence-electron chi connectivity index (χ3n) is 1.45. The van der Waals surface area contributed by atoms with E-state index in [1.165, 1.54) is 0 Å². The first-order valence-electron chi connectivity index (χ1n) is 3.85. The van der Waals surface area contributed by atoms with Crippen LogP contribution in [0.5, 0.6) is 0 Å². The standard InChI is InChI=1S/C8H14N2O/c1-9-7-5-3-4-6-8(11)10-2/h3-7H2,2H3,(H,10,11). The van der Waals surface area contributed by atoms with Crippen molar-refractivity contribution in [3.63, 3.8) is 0 Å². The highest BCUT2D eigenvalue weighted by Crippen LogP contribution is 1.99. The molecule has 0 aliphatic carbocycles. The lowest BCUT2D eigenvalue weighted by molar-refractivity contribution is -0.120. The number of rotatable bonds is 5. The van der Waals surface area contributed by atoms with E-state index in [0.717, 1.165) is 19.3 Å². The second-order valence-electron chi connectivity index (χ2n) is 2.37. The summed E-state index contributed by atoms with van der Waals surface area (Å²) in [6.07, 6.45) is 3.39. The molecule has 0 spiro atoms. The molecule has 11 heavy (non-hydrogen) atoms. The fourth-order valence-electron chi connectivity index (χ4n) is 0.778. The highest BCUT2D eigenvalue weighted by Gasteiger charge is 1.96. The SMILES string of the molecule is [C-]#[N+]CCCCCC(=O)NC. The second-order valence-corrected chi connectivity index (χ2v) is 2.37. The molecule has 0 aliphatic heterocycles. The molecule has 3 heteroatoms. The van der Waals surface area contributed by atoms with E-state index in [4.69, 9.17) is 6.57 Å². The van der Waals surface area contributed by atoms with Gasteiger partial charge in [-0.05, 0) is 12.8 Å². The lowest BCUT2D eigenvalue weighted by atomic mass is 10.2. The van der Waals surface area contributed by atoms with Gasteiger partial charge in [-0.15, -0.1) is 0 Å². The average molecular weight is 154 g/mol. The summed E-state index contributed by atoms with van der Waals surface area (Å²) >= 11 is 0.